The van der Waals surface area contributed by atoms with Gasteiger partial charge in [-0.3, -0.25) is 9.59 Å². The molecule has 2 amide bonds. The van der Waals surface area contributed by atoms with Crippen LogP contribution in [-0.4, -0.2) is 63.2 Å². The Kier molecular flexibility index (Phi) is 10.1. The van der Waals surface area contributed by atoms with E-state index in [9.17, 15) is 9.59 Å². The third-order valence-corrected chi connectivity index (χ3v) is 4.52. The zero-order valence-electron chi connectivity index (χ0n) is 17.1. The van der Waals surface area contributed by atoms with Crippen molar-refractivity contribution in [2.45, 2.75) is 32.7 Å². The van der Waals surface area contributed by atoms with Crippen molar-refractivity contribution < 1.29 is 19.1 Å². The number of likely N-dealkylation sites (tertiary alicyclic amines) is 1. The Labute approximate surface area is 173 Å². The van der Waals surface area contributed by atoms with E-state index in [1.54, 1.807) is 18.2 Å². The topological polar surface area (TPSA) is 79.9 Å². The predicted molar refractivity (Wildman–Crippen MR) is 112 cm³/mol. The molecule has 0 aliphatic carbocycles. The highest BCUT2D eigenvalue weighted by Gasteiger charge is 2.25. The van der Waals surface area contributed by atoms with E-state index in [0.717, 1.165) is 32.5 Å². The van der Waals surface area contributed by atoms with Crippen LogP contribution in [0.5, 0.6) is 11.5 Å². The van der Waals surface area contributed by atoms with Gasteiger partial charge in [-0.15, -0.1) is 12.4 Å². The van der Waals surface area contributed by atoms with Crippen molar-refractivity contribution >= 4 is 24.2 Å². The summed E-state index contributed by atoms with van der Waals surface area (Å²) in [6.45, 7) is 6.13. The summed E-state index contributed by atoms with van der Waals surface area (Å²) in [5.74, 6) is 1.17. The number of amides is 2. The van der Waals surface area contributed by atoms with E-state index in [1.807, 2.05) is 25.8 Å². The molecule has 0 radical (unpaired) electrons. The molecule has 7 nitrogen and oxygen atoms in total. The van der Waals surface area contributed by atoms with Crippen molar-refractivity contribution in [3.63, 3.8) is 0 Å². The predicted octanol–water partition coefficient (Wildman–Crippen LogP) is 2.09. The summed E-state index contributed by atoms with van der Waals surface area (Å²) in [7, 11) is 3.46. The summed E-state index contributed by atoms with van der Waals surface area (Å²) in [4.78, 5) is 26.5. The Morgan fingerprint density at radius 2 is 2.04 bits per heavy atom. The summed E-state index contributed by atoms with van der Waals surface area (Å²) in [6, 6.07) is 5.14. The van der Waals surface area contributed by atoms with Gasteiger partial charge in [0.15, 0.2) is 18.1 Å². The number of piperidine rings is 1. The minimum absolute atomic E-state index is 0. The summed E-state index contributed by atoms with van der Waals surface area (Å²) < 4.78 is 10.9. The van der Waals surface area contributed by atoms with E-state index in [1.165, 1.54) is 7.11 Å². The van der Waals surface area contributed by atoms with Crippen LogP contribution in [0, 0.1) is 5.92 Å². The maximum absolute atomic E-state index is 12.9. The lowest BCUT2D eigenvalue weighted by Gasteiger charge is -2.32. The van der Waals surface area contributed by atoms with Crippen LogP contribution in [0.4, 0.5) is 0 Å². The quantitative estimate of drug-likeness (QED) is 0.682. The standard InChI is InChI=1S/C20H31N3O4.ClH/c1-14(2)22-19(24)13-27-17-8-7-16(10-18(17)26-4)20(25)23-9-5-6-15(12-23)11-21-3;/h7-8,10,14-15,21H,5-6,9,11-13H2,1-4H3,(H,22,24);1H. The number of hydrogen-bond acceptors (Lipinski definition) is 5. The van der Waals surface area contributed by atoms with E-state index >= 15 is 0 Å². The molecular formula is C20H32ClN3O4. The molecule has 1 aromatic carbocycles. The molecule has 1 aromatic rings. The molecule has 8 heteroatoms. The molecule has 2 N–H and O–H groups in total. The maximum Gasteiger partial charge on any atom is 0.258 e. The van der Waals surface area contributed by atoms with Gasteiger partial charge in [0.1, 0.15) is 0 Å². The number of hydrogen-bond donors (Lipinski definition) is 2. The van der Waals surface area contributed by atoms with E-state index < -0.39 is 0 Å². The Bertz CT molecular complexity index is 652. The first-order chi connectivity index (χ1) is 12.9. The van der Waals surface area contributed by atoms with E-state index in [0.29, 0.717) is 23.0 Å². The lowest BCUT2D eigenvalue weighted by atomic mass is 9.97. The molecule has 28 heavy (non-hydrogen) atoms. The monoisotopic (exact) mass is 413 g/mol. The fourth-order valence-corrected chi connectivity index (χ4v) is 3.31. The fourth-order valence-electron chi connectivity index (χ4n) is 3.31. The van der Waals surface area contributed by atoms with Gasteiger partial charge in [0.2, 0.25) is 0 Å². The minimum atomic E-state index is -0.198. The normalized spacial score (nSPS) is 16.3. The van der Waals surface area contributed by atoms with Gasteiger partial charge >= 0.3 is 0 Å². The van der Waals surface area contributed by atoms with Gasteiger partial charge < -0.3 is 25.0 Å². The summed E-state index contributed by atoms with van der Waals surface area (Å²) in [6.07, 6.45) is 2.15. The lowest BCUT2D eigenvalue weighted by Crippen LogP contribution is -2.42. The number of benzene rings is 1. The first-order valence-electron chi connectivity index (χ1n) is 9.48. The number of methoxy groups -OCH3 is 1. The molecular weight excluding hydrogens is 382 g/mol. The molecule has 1 unspecified atom stereocenters. The smallest absolute Gasteiger partial charge is 0.258 e. The summed E-state index contributed by atoms with van der Waals surface area (Å²) >= 11 is 0. The fraction of sp³-hybridized carbons (Fsp3) is 0.600. The molecule has 0 spiro atoms. The van der Waals surface area contributed by atoms with Gasteiger partial charge in [-0.2, -0.15) is 0 Å². The number of ether oxygens (including phenoxy) is 2. The second-order valence-corrected chi connectivity index (χ2v) is 7.19. The molecule has 1 saturated heterocycles. The van der Waals surface area contributed by atoms with Crippen molar-refractivity contribution in [1.29, 1.82) is 0 Å². The van der Waals surface area contributed by atoms with Crippen LogP contribution in [0.1, 0.15) is 37.0 Å². The van der Waals surface area contributed by atoms with Crippen LogP contribution in [0.25, 0.3) is 0 Å². The van der Waals surface area contributed by atoms with E-state index in [2.05, 4.69) is 10.6 Å². The summed E-state index contributed by atoms with van der Waals surface area (Å²) in [5, 5.41) is 5.96. The van der Waals surface area contributed by atoms with Crippen molar-refractivity contribution in [3.8, 4) is 11.5 Å². The highest BCUT2D eigenvalue weighted by Crippen LogP contribution is 2.29. The van der Waals surface area contributed by atoms with Gasteiger partial charge in [0.05, 0.1) is 7.11 Å². The number of carbonyl (C=O) groups is 2. The van der Waals surface area contributed by atoms with Crippen LogP contribution < -0.4 is 20.1 Å². The molecule has 1 aliphatic rings. The van der Waals surface area contributed by atoms with Crippen LogP contribution >= 0.6 is 12.4 Å². The van der Waals surface area contributed by atoms with Crippen LogP contribution in [0.2, 0.25) is 0 Å². The molecule has 0 bridgehead atoms. The van der Waals surface area contributed by atoms with Gasteiger partial charge in [-0.25, -0.2) is 0 Å². The third-order valence-electron chi connectivity index (χ3n) is 4.52. The number of nitrogens with zero attached hydrogens (tertiary/aromatic N) is 1. The molecule has 2 rings (SSSR count). The lowest BCUT2D eigenvalue weighted by molar-refractivity contribution is -0.123. The van der Waals surface area contributed by atoms with Crippen LogP contribution in [-0.2, 0) is 4.79 Å². The number of halogens is 1. The number of nitrogens with one attached hydrogen (secondary N) is 2. The Morgan fingerprint density at radius 1 is 1.29 bits per heavy atom. The zero-order chi connectivity index (χ0) is 19.8. The molecule has 0 saturated carbocycles. The first kappa shape index (κ1) is 24.0. The molecule has 1 atom stereocenters. The van der Waals surface area contributed by atoms with Crippen molar-refractivity contribution in [2.75, 3.05) is 40.4 Å². The second-order valence-electron chi connectivity index (χ2n) is 7.19. The van der Waals surface area contributed by atoms with Crippen LogP contribution in [0.15, 0.2) is 18.2 Å². The van der Waals surface area contributed by atoms with Crippen molar-refractivity contribution in [2.24, 2.45) is 5.92 Å². The largest absolute Gasteiger partial charge is 0.493 e. The molecule has 0 aromatic heterocycles. The van der Waals surface area contributed by atoms with Crippen molar-refractivity contribution in [1.82, 2.24) is 15.5 Å². The Hall–Kier alpha value is -1.99. The molecule has 158 valence electrons. The van der Waals surface area contributed by atoms with Gasteiger partial charge in [-0.05, 0) is 64.4 Å². The van der Waals surface area contributed by atoms with E-state index in [-0.39, 0.29) is 36.9 Å². The van der Waals surface area contributed by atoms with Gasteiger partial charge in [-0.1, -0.05) is 0 Å². The minimum Gasteiger partial charge on any atom is -0.493 e. The molecule has 1 fully saturated rings. The number of carbonyl (C=O) groups excluding carboxylic acids is 2. The number of rotatable bonds is 8. The first-order valence-corrected chi connectivity index (χ1v) is 9.48. The Balaban J connectivity index is 0.00000392. The highest BCUT2D eigenvalue weighted by atomic mass is 35.5. The average Bonchev–Trinajstić information content (AvgIpc) is 2.65. The average molecular weight is 414 g/mol. The third kappa shape index (κ3) is 6.87. The highest BCUT2D eigenvalue weighted by molar-refractivity contribution is 5.95. The van der Waals surface area contributed by atoms with Gasteiger partial charge in [0, 0.05) is 24.7 Å². The van der Waals surface area contributed by atoms with Crippen LogP contribution in [0.3, 0.4) is 0 Å². The van der Waals surface area contributed by atoms with Gasteiger partial charge in [0.25, 0.3) is 11.8 Å². The molecule has 1 heterocycles. The maximum atomic E-state index is 12.9. The summed E-state index contributed by atoms with van der Waals surface area (Å²) in [5.41, 5.74) is 0.566. The molecule has 1 aliphatic heterocycles. The SMILES string of the molecule is CNCC1CCCN(C(=O)c2ccc(OCC(=O)NC(C)C)c(OC)c2)C1.Cl. The zero-order valence-corrected chi connectivity index (χ0v) is 17.9. The Morgan fingerprint density at radius 3 is 2.68 bits per heavy atom. The van der Waals surface area contributed by atoms with Crippen molar-refractivity contribution in [3.05, 3.63) is 23.8 Å². The second kappa shape index (κ2) is 11.8. The van der Waals surface area contributed by atoms with E-state index in [4.69, 9.17) is 9.47 Å².